The molecule has 0 aromatic heterocycles. The molecule has 0 amide bonds. The van der Waals surface area contributed by atoms with Crippen LogP contribution in [0.5, 0.6) is 0 Å². The van der Waals surface area contributed by atoms with Crippen molar-refractivity contribution in [1.82, 2.24) is 0 Å². The molecule has 4 aromatic rings. The first kappa shape index (κ1) is 33.1. The van der Waals surface area contributed by atoms with Crippen molar-refractivity contribution in [3.05, 3.63) is 142 Å². The summed E-state index contributed by atoms with van der Waals surface area (Å²) < 4.78 is 0. The highest BCUT2D eigenvalue weighted by Gasteiger charge is 2.44. The third-order valence-electron chi connectivity index (χ3n) is 12.3. The standard InChI is InChI=1S/C47H52N2O/c1-44(2)31-35-15-7-9-17-39(35)42(48-44)46(27-11-5-12-28-46)37-23-19-33(20-24-37)41(50)34-21-25-38(26-22-34)47(29-13-6-14-30-47)43-40-18-10-8-16-36(40)32-45(3,4)49-43/h7-10,15-26H,5-6,11-14,27-32H2,1-4H3. The van der Waals surface area contributed by atoms with Crippen molar-refractivity contribution in [1.29, 1.82) is 0 Å². The fourth-order valence-electron chi connectivity index (χ4n) is 9.96. The van der Waals surface area contributed by atoms with E-state index in [1.165, 1.54) is 83.3 Å². The first-order valence-electron chi connectivity index (χ1n) is 19.2. The number of carbonyl (C=O) groups excluding carboxylic acids is 1. The van der Waals surface area contributed by atoms with Crippen molar-refractivity contribution in [2.24, 2.45) is 9.98 Å². The maximum atomic E-state index is 14.0. The van der Waals surface area contributed by atoms with Crippen molar-refractivity contribution in [3.8, 4) is 0 Å². The fourth-order valence-corrected chi connectivity index (χ4v) is 9.96. The van der Waals surface area contributed by atoms with Crippen LogP contribution in [0.15, 0.2) is 107 Å². The molecule has 0 atom stereocenters. The normalized spacial score (nSPS) is 21.6. The van der Waals surface area contributed by atoms with Crippen LogP contribution in [-0.4, -0.2) is 28.3 Å². The molecule has 0 bridgehead atoms. The average molecular weight is 661 g/mol. The smallest absolute Gasteiger partial charge is 0.193 e. The molecule has 2 saturated carbocycles. The van der Waals surface area contributed by atoms with Crippen LogP contribution in [0.1, 0.15) is 141 Å². The van der Waals surface area contributed by atoms with Crippen LogP contribution in [-0.2, 0) is 23.7 Å². The summed E-state index contributed by atoms with van der Waals surface area (Å²) in [5.74, 6) is 0.0847. The molecule has 0 saturated heterocycles. The molecule has 50 heavy (non-hydrogen) atoms. The van der Waals surface area contributed by atoms with Gasteiger partial charge in [0.05, 0.1) is 22.5 Å². The Morgan fingerprint density at radius 3 is 1.22 bits per heavy atom. The van der Waals surface area contributed by atoms with E-state index in [-0.39, 0.29) is 27.7 Å². The Bertz CT molecular complexity index is 1820. The zero-order chi connectivity index (χ0) is 34.6. The van der Waals surface area contributed by atoms with E-state index in [2.05, 4.69) is 125 Å². The lowest BCUT2D eigenvalue weighted by molar-refractivity contribution is 0.103. The lowest BCUT2D eigenvalue weighted by atomic mass is 9.63. The van der Waals surface area contributed by atoms with Gasteiger partial charge in [0, 0.05) is 22.0 Å². The van der Waals surface area contributed by atoms with Crippen molar-refractivity contribution < 1.29 is 4.79 Å². The first-order chi connectivity index (χ1) is 24.1. The van der Waals surface area contributed by atoms with Gasteiger partial charge in [0.1, 0.15) is 0 Å². The first-order valence-corrected chi connectivity index (χ1v) is 19.2. The van der Waals surface area contributed by atoms with Gasteiger partial charge in [-0.2, -0.15) is 0 Å². The molecule has 2 aliphatic heterocycles. The Hall–Kier alpha value is -4.11. The monoisotopic (exact) mass is 660 g/mol. The quantitative estimate of drug-likeness (QED) is 0.190. The molecule has 2 fully saturated rings. The van der Waals surface area contributed by atoms with Gasteiger partial charge < -0.3 is 0 Å². The van der Waals surface area contributed by atoms with E-state index < -0.39 is 0 Å². The van der Waals surface area contributed by atoms with Gasteiger partial charge in [-0.1, -0.05) is 136 Å². The Morgan fingerprint density at radius 2 is 0.840 bits per heavy atom. The van der Waals surface area contributed by atoms with Crippen LogP contribution in [0.3, 0.4) is 0 Å². The number of hydrogen-bond acceptors (Lipinski definition) is 3. The van der Waals surface area contributed by atoms with Gasteiger partial charge in [0.2, 0.25) is 0 Å². The van der Waals surface area contributed by atoms with Crippen LogP contribution >= 0.6 is 0 Å². The van der Waals surface area contributed by atoms with Gasteiger partial charge in [0.25, 0.3) is 0 Å². The molecule has 2 heterocycles. The summed E-state index contributed by atoms with van der Waals surface area (Å²) in [5.41, 5.74) is 11.5. The molecular weight excluding hydrogens is 609 g/mol. The van der Waals surface area contributed by atoms with E-state index in [1.54, 1.807) is 0 Å². The second-order valence-corrected chi connectivity index (χ2v) is 17.0. The number of hydrogen-bond donors (Lipinski definition) is 0. The molecular formula is C47H52N2O. The summed E-state index contributed by atoms with van der Waals surface area (Å²) in [4.78, 5) is 25.0. The third-order valence-corrected chi connectivity index (χ3v) is 12.3. The molecule has 8 rings (SSSR count). The number of benzene rings is 4. The fraction of sp³-hybridized carbons (Fsp3) is 0.426. The highest BCUT2D eigenvalue weighted by atomic mass is 16.1. The van der Waals surface area contributed by atoms with Gasteiger partial charge in [0.15, 0.2) is 5.78 Å². The van der Waals surface area contributed by atoms with Gasteiger partial charge in [-0.25, -0.2) is 0 Å². The van der Waals surface area contributed by atoms with Crippen LogP contribution in [0.2, 0.25) is 0 Å². The number of rotatable bonds is 6. The van der Waals surface area contributed by atoms with E-state index in [0.717, 1.165) is 49.7 Å². The molecule has 4 aliphatic rings. The highest BCUT2D eigenvalue weighted by molar-refractivity contribution is 6.12. The average Bonchev–Trinajstić information content (AvgIpc) is 3.14. The van der Waals surface area contributed by atoms with Gasteiger partial charge >= 0.3 is 0 Å². The third kappa shape index (κ3) is 5.81. The maximum Gasteiger partial charge on any atom is 0.193 e. The van der Waals surface area contributed by atoms with E-state index in [4.69, 9.17) is 9.98 Å². The summed E-state index contributed by atoms with van der Waals surface area (Å²) in [7, 11) is 0. The van der Waals surface area contributed by atoms with Crippen molar-refractivity contribution in [3.63, 3.8) is 0 Å². The molecule has 2 aliphatic carbocycles. The minimum atomic E-state index is -0.129. The largest absolute Gasteiger partial charge is 0.289 e. The Balaban J connectivity index is 1.11. The zero-order valence-electron chi connectivity index (χ0n) is 30.5. The van der Waals surface area contributed by atoms with E-state index >= 15 is 0 Å². The maximum absolute atomic E-state index is 14.0. The molecule has 4 aromatic carbocycles. The predicted molar refractivity (Wildman–Crippen MR) is 207 cm³/mol. The Morgan fingerprint density at radius 1 is 0.480 bits per heavy atom. The number of aliphatic imine (C=N–C) groups is 2. The lowest BCUT2D eigenvalue weighted by Crippen LogP contribution is -2.43. The van der Waals surface area contributed by atoms with E-state index in [0.29, 0.717) is 0 Å². The minimum absolute atomic E-state index is 0.0847. The number of carbonyl (C=O) groups is 1. The second kappa shape index (κ2) is 12.6. The number of nitrogens with zero attached hydrogens (tertiary/aromatic N) is 2. The van der Waals surface area contributed by atoms with Crippen LogP contribution < -0.4 is 0 Å². The predicted octanol–water partition coefficient (Wildman–Crippen LogP) is 11.0. The van der Waals surface area contributed by atoms with Gasteiger partial charge in [-0.3, -0.25) is 14.8 Å². The summed E-state index contributed by atoms with van der Waals surface area (Å²) in [6.07, 6.45) is 13.7. The summed E-state index contributed by atoms with van der Waals surface area (Å²) >= 11 is 0. The van der Waals surface area contributed by atoms with E-state index in [9.17, 15) is 4.79 Å². The SMILES string of the molecule is CC1(C)Cc2ccccc2C(C2(c3ccc(C(=O)c4ccc(C5(C6=NC(C)(C)Cc7ccccc76)CCCCC5)cc4)cc3)CCCCC2)=N1. The van der Waals surface area contributed by atoms with Gasteiger partial charge in [-0.15, -0.1) is 0 Å². The summed E-state index contributed by atoms with van der Waals surface area (Å²) in [5, 5.41) is 0. The van der Waals surface area contributed by atoms with Crippen molar-refractivity contribution in [2.75, 3.05) is 0 Å². The zero-order valence-corrected chi connectivity index (χ0v) is 30.5. The van der Waals surface area contributed by atoms with Crippen molar-refractivity contribution >= 4 is 17.2 Å². The van der Waals surface area contributed by atoms with E-state index in [1.807, 2.05) is 0 Å². The molecule has 3 nitrogen and oxygen atoms in total. The number of ketones is 1. The topological polar surface area (TPSA) is 41.8 Å². The Labute approximate surface area is 299 Å². The summed E-state index contributed by atoms with van der Waals surface area (Å²) in [6, 6.07) is 35.0. The lowest BCUT2D eigenvalue weighted by Gasteiger charge is -2.43. The molecule has 0 N–H and O–H groups in total. The van der Waals surface area contributed by atoms with Crippen LogP contribution in [0.4, 0.5) is 0 Å². The number of fused-ring (bicyclic) bond motifs is 2. The second-order valence-electron chi connectivity index (χ2n) is 17.0. The Kier molecular flexibility index (Phi) is 8.32. The van der Waals surface area contributed by atoms with Crippen molar-refractivity contribution in [2.45, 2.75) is 127 Å². The molecule has 3 heteroatoms. The summed E-state index contributed by atoms with van der Waals surface area (Å²) in [6.45, 7) is 9.08. The van der Waals surface area contributed by atoms with Crippen LogP contribution in [0, 0.1) is 0 Å². The minimum Gasteiger partial charge on any atom is -0.289 e. The molecule has 0 spiro atoms. The van der Waals surface area contributed by atoms with Gasteiger partial charge in [-0.05, 0) is 99.6 Å². The molecule has 0 unspecified atom stereocenters. The molecule has 0 radical (unpaired) electrons. The van der Waals surface area contributed by atoms with Crippen LogP contribution in [0.25, 0.3) is 0 Å². The highest BCUT2D eigenvalue weighted by Crippen LogP contribution is 2.47. The molecule has 256 valence electrons.